The minimum Gasteiger partial charge on any atom is -0.392 e. The van der Waals surface area contributed by atoms with Crippen molar-refractivity contribution in [2.45, 2.75) is 6.61 Å². The molecule has 0 aliphatic rings. The van der Waals surface area contributed by atoms with Crippen LogP contribution in [0.15, 0.2) is 22.7 Å². The molecular weight excluding hydrogens is 208 g/mol. The number of nitrogens with one attached hydrogen (secondary N) is 1. The van der Waals surface area contributed by atoms with Gasteiger partial charge in [0.1, 0.15) is 0 Å². The highest BCUT2D eigenvalue weighted by molar-refractivity contribution is 9.10. The predicted molar refractivity (Wildman–Crippen MR) is 47.9 cm³/mol. The summed E-state index contributed by atoms with van der Waals surface area (Å²) >= 11 is 3.29. The van der Waals surface area contributed by atoms with Gasteiger partial charge in [0, 0.05) is 10.0 Å². The summed E-state index contributed by atoms with van der Waals surface area (Å²) in [5.74, 6) is 5.20. The second-order valence-electron chi connectivity index (χ2n) is 2.10. The van der Waals surface area contributed by atoms with Crippen molar-refractivity contribution in [2.24, 2.45) is 5.84 Å². The van der Waals surface area contributed by atoms with Crippen LogP contribution in [0.25, 0.3) is 0 Å². The fourth-order valence-electron chi connectivity index (χ4n) is 0.834. The number of aliphatic hydroxyl groups is 1. The van der Waals surface area contributed by atoms with Gasteiger partial charge in [-0.15, -0.1) is 0 Å². The number of hydrogen-bond acceptors (Lipinski definition) is 3. The van der Waals surface area contributed by atoms with Crippen molar-refractivity contribution in [3.8, 4) is 0 Å². The van der Waals surface area contributed by atoms with E-state index in [1.54, 1.807) is 6.07 Å². The van der Waals surface area contributed by atoms with Gasteiger partial charge in [-0.2, -0.15) is 0 Å². The normalized spacial score (nSPS) is 9.73. The SMILES string of the molecule is NNc1ccc(Br)cc1CO. The smallest absolute Gasteiger partial charge is 0.0702 e. The molecule has 11 heavy (non-hydrogen) atoms. The first-order valence-corrected chi connectivity index (χ1v) is 3.93. The molecule has 1 aromatic rings. The van der Waals surface area contributed by atoms with Gasteiger partial charge >= 0.3 is 0 Å². The molecule has 1 rings (SSSR count). The summed E-state index contributed by atoms with van der Waals surface area (Å²) in [6, 6.07) is 5.47. The molecule has 4 N–H and O–H groups in total. The minimum atomic E-state index is -0.0149. The largest absolute Gasteiger partial charge is 0.392 e. The van der Waals surface area contributed by atoms with Gasteiger partial charge in [0.05, 0.1) is 12.3 Å². The van der Waals surface area contributed by atoms with Crippen molar-refractivity contribution in [3.63, 3.8) is 0 Å². The van der Waals surface area contributed by atoms with Crippen LogP contribution in [-0.4, -0.2) is 5.11 Å². The highest BCUT2D eigenvalue weighted by atomic mass is 79.9. The molecule has 3 nitrogen and oxygen atoms in total. The zero-order valence-corrected chi connectivity index (χ0v) is 7.43. The van der Waals surface area contributed by atoms with Gasteiger partial charge in [0.15, 0.2) is 0 Å². The summed E-state index contributed by atoms with van der Waals surface area (Å²) in [4.78, 5) is 0. The number of nitrogen functional groups attached to an aromatic ring is 1. The predicted octanol–water partition coefficient (Wildman–Crippen LogP) is 1.23. The Labute approximate surface area is 73.3 Å². The molecule has 0 saturated heterocycles. The van der Waals surface area contributed by atoms with E-state index in [2.05, 4.69) is 21.4 Å². The number of anilines is 1. The number of nitrogens with two attached hydrogens (primary N) is 1. The number of hydrogen-bond donors (Lipinski definition) is 3. The van der Waals surface area contributed by atoms with Crippen LogP contribution in [0.2, 0.25) is 0 Å². The second-order valence-corrected chi connectivity index (χ2v) is 3.02. The van der Waals surface area contributed by atoms with E-state index in [-0.39, 0.29) is 6.61 Å². The summed E-state index contributed by atoms with van der Waals surface area (Å²) < 4.78 is 0.931. The van der Waals surface area contributed by atoms with Gasteiger partial charge in [-0.1, -0.05) is 15.9 Å². The van der Waals surface area contributed by atoms with E-state index < -0.39 is 0 Å². The Balaban J connectivity index is 3.06. The van der Waals surface area contributed by atoms with Crippen LogP contribution in [-0.2, 0) is 6.61 Å². The van der Waals surface area contributed by atoms with Crippen molar-refractivity contribution in [3.05, 3.63) is 28.2 Å². The van der Waals surface area contributed by atoms with Crippen LogP contribution in [0.4, 0.5) is 5.69 Å². The Morgan fingerprint density at radius 1 is 1.55 bits per heavy atom. The van der Waals surface area contributed by atoms with Crippen LogP contribution in [0.3, 0.4) is 0 Å². The molecule has 0 bridgehead atoms. The lowest BCUT2D eigenvalue weighted by molar-refractivity contribution is 0.282. The fraction of sp³-hybridized carbons (Fsp3) is 0.143. The van der Waals surface area contributed by atoms with Gasteiger partial charge in [-0.3, -0.25) is 5.84 Å². The monoisotopic (exact) mass is 216 g/mol. The van der Waals surface area contributed by atoms with Gasteiger partial charge in [0.2, 0.25) is 0 Å². The summed E-state index contributed by atoms with van der Waals surface area (Å²) in [7, 11) is 0. The van der Waals surface area contributed by atoms with Crippen molar-refractivity contribution >= 4 is 21.6 Å². The average Bonchev–Trinajstić information content (AvgIpc) is 2.04. The Bertz CT molecular complexity index is 252. The first-order valence-electron chi connectivity index (χ1n) is 3.14. The summed E-state index contributed by atoms with van der Waals surface area (Å²) in [6.45, 7) is -0.0149. The number of halogens is 1. The first-order chi connectivity index (χ1) is 5.27. The maximum absolute atomic E-state index is 8.86. The Morgan fingerprint density at radius 2 is 2.27 bits per heavy atom. The molecular formula is C7H9BrN2O. The van der Waals surface area contributed by atoms with E-state index >= 15 is 0 Å². The number of rotatable bonds is 2. The molecule has 0 spiro atoms. The topological polar surface area (TPSA) is 58.3 Å². The highest BCUT2D eigenvalue weighted by Gasteiger charge is 1.98. The van der Waals surface area contributed by atoms with Gasteiger partial charge in [-0.25, -0.2) is 0 Å². The lowest BCUT2D eigenvalue weighted by atomic mass is 10.2. The molecule has 0 atom stereocenters. The summed E-state index contributed by atoms with van der Waals surface area (Å²) in [5, 5.41) is 8.86. The van der Waals surface area contributed by atoms with Crippen molar-refractivity contribution in [1.82, 2.24) is 0 Å². The summed E-state index contributed by atoms with van der Waals surface area (Å²) in [5.41, 5.74) is 4.02. The second kappa shape index (κ2) is 3.71. The molecule has 0 aliphatic heterocycles. The molecule has 0 heterocycles. The number of aliphatic hydroxyl groups excluding tert-OH is 1. The standard InChI is InChI=1S/C7H9BrN2O/c8-6-1-2-7(10-9)5(3-6)4-11/h1-3,10-11H,4,9H2. The zero-order chi connectivity index (χ0) is 8.27. The maximum atomic E-state index is 8.86. The number of hydrazine groups is 1. The molecule has 0 radical (unpaired) electrons. The van der Waals surface area contributed by atoms with E-state index in [1.165, 1.54) is 0 Å². The Morgan fingerprint density at radius 3 is 2.82 bits per heavy atom. The minimum absolute atomic E-state index is 0.0149. The van der Waals surface area contributed by atoms with Crippen molar-refractivity contribution < 1.29 is 5.11 Å². The third-order valence-electron chi connectivity index (χ3n) is 1.39. The van der Waals surface area contributed by atoms with Crippen LogP contribution in [0, 0.1) is 0 Å². The molecule has 60 valence electrons. The van der Waals surface area contributed by atoms with Crippen LogP contribution in [0.1, 0.15) is 5.56 Å². The molecule has 0 unspecified atom stereocenters. The van der Waals surface area contributed by atoms with Gasteiger partial charge < -0.3 is 10.5 Å². The lowest BCUT2D eigenvalue weighted by Crippen LogP contribution is -2.09. The molecule has 1 aromatic carbocycles. The van der Waals surface area contributed by atoms with Gasteiger partial charge in [0.25, 0.3) is 0 Å². The quantitative estimate of drug-likeness (QED) is 0.515. The maximum Gasteiger partial charge on any atom is 0.0702 e. The molecule has 0 fully saturated rings. The van der Waals surface area contributed by atoms with Crippen molar-refractivity contribution in [2.75, 3.05) is 5.43 Å². The van der Waals surface area contributed by atoms with E-state index in [4.69, 9.17) is 10.9 Å². The van der Waals surface area contributed by atoms with E-state index in [1.807, 2.05) is 12.1 Å². The molecule has 0 aromatic heterocycles. The van der Waals surface area contributed by atoms with Crippen molar-refractivity contribution in [1.29, 1.82) is 0 Å². The molecule has 0 amide bonds. The van der Waals surface area contributed by atoms with E-state index in [9.17, 15) is 0 Å². The summed E-state index contributed by atoms with van der Waals surface area (Å²) in [6.07, 6.45) is 0. The molecule has 4 heteroatoms. The zero-order valence-electron chi connectivity index (χ0n) is 5.84. The average molecular weight is 217 g/mol. The number of benzene rings is 1. The van der Waals surface area contributed by atoms with Crippen LogP contribution in [0.5, 0.6) is 0 Å². The van der Waals surface area contributed by atoms with E-state index in [0.717, 1.165) is 15.7 Å². The highest BCUT2D eigenvalue weighted by Crippen LogP contribution is 2.19. The van der Waals surface area contributed by atoms with Gasteiger partial charge in [-0.05, 0) is 18.2 Å². The van der Waals surface area contributed by atoms with Crippen LogP contribution < -0.4 is 11.3 Å². The first kappa shape index (κ1) is 8.52. The van der Waals surface area contributed by atoms with E-state index in [0.29, 0.717) is 0 Å². The Hall–Kier alpha value is -0.580. The third kappa shape index (κ3) is 1.92. The molecule has 0 aliphatic carbocycles. The Kier molecular flexibility index (Phi) is 2.87. The third-order valence-corrected chi connectivity index (χ3v) is 1.89. The molecule has 0 saturated carbocycles. The lowest BCUT2D eigenvalue weighted by Gasteiger charge is -2.05. The van der Waals surface area contributed by atoms with Crippen LogP contribution >= 0.6 is 15.9 Å². The fourth-order valence-corrected chi connectivity index (χ4v) is 1.24.